The molecule has 0 aliphatic carbocycles. The second-order valence-electron chi connectivity index (χ2n) is 3.66. The normalized spacial score (nSPS) is 11.2. The van der Waals surface area contributed by atoms with Gasteiger partial charge in [0.25, 0.3) is 0 Å². The number of aliphatic hydroxyl groups excluding tert-OH is 1. The highest BCUT2D eigenvalue weighted by molar-refractivity contribution is 4.99. The zero-order valence-electron chi connectivity index (χ0n) is 9.61. The van der Waals surface area contributed by atoms with Gasteiger partial charge in [0.15, 0.2) is 0 Å². The van der Waals surface area contributed by atoms with Crippen LogP contribution in [0.1, 0.15) is 38.4 Å². The number of aliphatic hydroxyl groups is 1. The average molecular weight is 211 g/mol. The van der Waals surface area contributed by atoms with Crippen LogP contribution in [0.3, 0.4) is 0 Å². The molecule has 1 rings (SSSR count). The van der Waals surface area contributed by atoms with Crippen LogP contribution in [0.5, 0.6) is 0 Å². The summed E-state index contributed by atoms with van der Waals surface area (Å²) in [7, 11) is 0. The molecule has 0 amide bonds. The van der Waals surface area contributed by atoms with Crippen LogP contribution in [0.4, 0.5) is 0 Å². The van der Waals surface area contributed by atoms with E-state index in [1.807, 2.05) is 16.9 Å². The van der Waals surface area contributed by atoms with Crippen molar-refractivity contribution < 1.29 is 5.11 Å². The topological polar surface area (TPSA) is 50.1 Å². The molecule has 0 atom stereocenters. The summed E-state index contributed by atoms with van der Waals surface area (Å²) < 4.78 is 2.04. The van der Waals surface area contributed by atoms with E-state index in [0.717, 1.165) is 25.1 Å². The van der Waals surface area contributed by atoms with Crippen LogP contribution in [-0.4, -0.2) is 28.0 Å². The molecule has 1 heterocycles. The third kappa shape index (κ3) is 3.64. The summed E-state index contributed by atoms with van der Waals surface area (Å²) >= 11 is 0. The van der Waals surface area contributed by atoms with Crippen molar-refractivity contribution in [3.8, 4) is 0 Å². The Morgan fingerprint density at radius 1 is 1.47 bits per heavy atom. The molecule has 15 heavy (non-hydrogen) atoms. The predicted octanol–water partition coefficient (Wildman–Crippen LogP) is 1.33. The molecular weight excluding hydrogens is 190 g/mol. The van der Waals surface area contributed by atoms with Gasteiger partial charge in [-0.25, -0.2) is 0 Å². The first-order valence-corrected chi connectivity index (χ1v) is 5.67. The van der Waals surface area contributed by atoms with Gasteiger partial charge in [0.05, 0.1) is 18.3 Å². The maximum Gasteiger partial charge on any atom is 0.0762 e. The Balaban J connectivity index is 2.47. The Kier molecular flexibility index (Phi) is 5.36. The summed E-state index contributed by atoms with van der Waals surface area (Å²) in [5, 5.41) is 16.2. The van der Waals surface area contributed by atoms with E-state index in [4.69, 9.17) is 5.11 Å². The monoisotopic (exact) mass is 211 g/mol. The maximum absolute atomic E-state index is 8.63. The molecule has 4 nitrogen and oxygen atoms in total. The molecule has 0 bridgehead atoms. The van der Waals surface area contributed by atoms with Gasteiger partial charge in [-0.3, -0.25) is 4.68 Å². The van der Waals surface area contributed by atoms with Crippen LogP contribution in [0.15, 0.2) is 12.3 Å². The van der Waals surface area contributed by atoms with Crippen LogP contribution < -0.4 is 5.32 Å². The van der Waals surface area contributed by atoms with Crippen LogP contribution in [-0.2, 0) is 6.54 Å². The lowest BCUT2D eigenvalue weighted by Gasteiger charge is -2.12. The highest BCUT2D eigenvalue weighted by Gasteiger charge is 2.07. The molecule has 1 aromatic rings. The van der Waals surface area contributed by atoms with Crippen LogP contribution in [0.25, 0.3) is 0 Å². The van der Waals surface area contributed by atoms with Gasteiger partial charge in [0.2, 0.25) is 0 Å². The quantitative estimate of drug-likeness (QED) is 0.669. The Morgan fingerprint density at radius 2 is 2.20 bits per heavy atom. The number of hydrogen-bond donors (Lipinski definition) is 2. The Hall–Kier alpha value is -0.870. The summed E-state index contributed by atoms with van der Waals surface area (Å²) in [5.74, 6) is 0. The van der Waals surface area contributed by atoms with Crippen LogP contribution in [0.2, 0.25) is 0 Å². The molecule has 0 aromatic carbocycles. The highest BCUT2D eigenvalue weighted by Crippen LogP contribution is 2.14. The summed E-state index contributed by atoms with van der Waals surface area (Å²) in [6.07, 6.45) is 4.26. The van der Waals surface area contributed by atoms with Crippen molar-refractivity contribution >= 4 is 0 Å². The average Bonchev–Trinajstić information content (AvgIpc) is 2.69. The molecule has 0 aliphatic rings. The third-order valence-electron chi connectivity index (χ3n) is 2.57. The number of rotatable bonds is 7. The molecule has 0 unspecified atom stereocenters. The third-order valence-corrected chi connectivity index (χ3v) is 2.57. The Labute approximate surface area is 91.3 Å². The fraction of sp³-hybridized carbons (Fsp3) is 0.727. The minimum Gasteiger partial charge on any atom is -0.395 e. The van der Waals surface area contributed by atoms with E-state index in [2.05, 4.69) is 24.3 Å². The van der Waals surface area contributed by atoms with E-state index in [9.17, 15) is 0 Å². The van der Waals surface area contributed by atoms with Crippen molar-refractivity contribution in [1.82, 2.24) is 15.1 Å². The molecule has 86 valence electrons. The van der Waals surface area contributed by atoms with Crippen molar-refractivity contribution in [3.63, 3.8) is 0 Å². The second-order valence-corrected chi connectivity index (χ2v) is 3.66. The highest BCUT2D eigenvalue weighted by atomic mass is 16.3. The molecule has 4 heteroatoms. The lowest BCUT2D eigenvalue weighted by molar-refractivity contribution is 0.291. The number of hydrogen-bond acceptors (Lipinski definition) is 3. The molecule has 0 fully saturated rings. The predicted molar refractivity (Wildman–Crippen MR) is 60.6 cm³/mol. The van der Waals surface area contributed by atoms with Crippen molar-refractivity contribution in [3.05, 3.63) is 18.0 Å². The Morgan fingerprint density at radius 3 is 2.80 bits per heavy atom. The van der Waals surface area contributed by atoms with Gasteiger partial charge in [-0.2, -0.15) is 5.10 Å². The molecule has 0 saturated heterocycles. The van der Waals surface area contributed by atoms with Gasteiger partial charge in [-0.15, -0.1) is 0 Å². The Bertz CT molecular complexity index is 269. The van der Waals surface area contributed by atoms with Crippen molar-refractivity contribution in [2.45, 2.75) is 39.3 Å². The standard InChI is InChI=1S/C11H21N3O/c1-3-11(4-2)14-7-5-10(13-14)9-12-6-8-15/h5,7,11-12,15H,3-4,6,8-9H2,1-2H3. The van der Waals surface area contributed by atoms with Gasteiger partial charge in [0, 0.05) is 19.3 Å². The first kappa shape index (κ1) is 12.2. The lowest BCUT2D eigenvalue weighted by atomic mass is 10.2. The van der Waals surface area contributed by atoms with E-state index < -0.39 is 0 Å². The van der Waals surface area contributed by atoms with E-state index in [0.29, 0.717) is 12.6 Å². The summed E-state index contributed by atoms with van der Waals surface area (Å²) in [6, 6.07) is 2.54. The molecule has 2 N–H and O–H groups in total. The molecule has 0 saturated carbocycles. The van der Waals surface area contributed by atoms with Gasteiger partial charge < -0.3 is 10.4 Å². The summed E-state index contributed by atoms with van der Waals surface area (Å²) in [4.78, 5) is 0. The lowest BCUT2D eigenvalue weighted by Crippen LogP contribution is -2.18. The zero-order valence-corrected chi connectivity index (χ0v) is 9.61. The summed E-state index contributed by atoms with van der Waals surface area (Å²) in [6.45, 7) is 5.89. The second kappa shape index (κ2) is 6.58. The first-order chi connectivity index (χ1) is 7.31. The fourth-order valence-corrected chi connectivity index (χ4v) is 1.63. The van der Waals surface area contributed by atoms with Gasteiger partial charge >= 0.3 is 0 Å². The van der Waals surface area contributed by atoms with E-state index >= 15 is 0 Å². The number of nitrogens with one attached hydrogen (secondary N) is 1. The first-order valence-electron chi connectivity index (χ1n) is 5.67. The minimum atomic E-state index is 0.174. The van der Waals surface area contributed by atoms with Gasteiger partial charge in [-0.05, 0) is 18.9 Å². The van der Waals surface area contributed by atoms with Gasteiger partial charge in [-0.1, -0.05) is 13.8 Å². The molecule has 0 radical (unpaired) electrons. The summed E-state index contributed by atoms with van der Waals surface area (Å²) in [5.41, 5.74) is 1.04. The minimum absolute atomic E-state index is 0.174. The molecule has 0 spiro atoms. The van der Waals surface area contributed by atoms with Crippen LogP contribution in [0, 0.1) is 0 Å². The molecular formula is C11H21N3O. The van der Waals surface area contributed by atoms with Crippen molar-refractivity contribution in [2.75, 3.05) is 13.2 Å². The van der Waals surface area contributed by atoms with Crippen molar-refractivity contribution in [1.29, 1.82) is 0 Å². The largest absolute Gasteiger partial charge is 0.395 e. The van der Waals surface area contributed by atoms with Crippen LogP contribution >= 0.6 is 0 Å². The van der Waals surface area contributed by atoms with Crippen molar-refractivity contribution in [2.24, 2.45) is 0 Å². The number of aromatic nitrogens is 2. The molecule has 1 aromatic heterocycles. The fourth-order valence-electron chi connectivity index (χ4n) is 1.63. The molecule has 0 aliphatic heterocycles. The van der Waals surface area contributed by atoms with Gasteiger partial charge in [0.1, 0.15) is 0 Å². The smallest absolute Gasteiger partial charge is 0.0762 e. The zero-order chi connectivity index (χ0) is 11.1. The maximum atomic E-state index is 8.63. The SMILES string of the molecule is CCC(CC)n1ccc(CNCCO)n1. The van der Waals surface area contributed by atoms with E-state index in [-0.39, 0.29) is 6.61 Å². The van der Waals surface area contributed by atoms with E-state index in [1.54, 1.807) is 0 Å². The number of nitrogens with zero attached hydrogens (tertiary/aromatic N) is 2. The van der Waals surface area contributed by atoms with E-state index in [1.165, 1.54) is 0 Å².